The summed E-state index contributed by atoms with van der Waals surface area (Å²) in [6.07, 6.45) is 1.61. The molecule has 6 heteroatoms. The molecule has 0 aliphatic rings. The standard InChI is InChI=1S/C14H18FN3OSi/c1-20(2,3)5-4-19-10-18-9-17-13-7-12(15)11(8-16)6-14(13)18/h6-7,9H,4-5,10H2,1-3H3. The predicted molar refractivity (Wildman–Crippen MR) is 78.5 cm³/mol. The number of fused-ring (bicyclic) bond motifs is 1. The Morgan fingerprint density at radius 1 is 1.40 bits per heavy atom. The molecule has 1 aromatic heterocycles. The smallest absolute Gasteiger partial charge is 0.143 e. The van der Waals surface area contributed by atoms with Gasteiger partial charge in [-0.1, -0.05) is 19.6 Å². The van der Waals surface area contributed by atoms with E-state index >= 15 is 0 Å². The number of imidazole rings is 1. The van der Waals surface area contributed by atoms with Crippen LogP contribution in [0, 0.1) is 17.1 Å². The van der Waals surface area contributed by atoms with Crippen LogP contribution in [0.3, 0.4) is 0 Å². The quantitative estimate of drug-likeness (QED) is 0.627. The van der Waals surface area contributed by atoms with Crippen molar-refractivity contribution in [2.24, 2.45) is 0 Å². The Labute approximate surface area is 118 Å². The zero-order chi connectivity index (χ0) is 14.8. The van der Waals surface area contributed by atoms with E-state index in [0.717, 1.165) is 11.6 Å². The first-order chi connectivity index (χ1) is 9.40. The third-order valence-corrected chi connectivity index (χ3v) is 4.76. The van der Waals surface area contributed by atoms with E-state index in [1.165, 1.54) is 12.1 Å². The summed E-state index contributed by atoms with van der Waals surface area (Å²) in [4.78, 5) is 4.12. The van der Waals surface area contributed by atoms with E-state index in [0.29, 0.717) is 18.9 Å². The van der Waals surface area contributed by atoms with E-state index in [2.05, 4.69) is 24.6 Å². The van der Waals surface area contributed by atoms with Crippen LogP contribution in [-0.4, -0.2) is 24.2 Å². The maximum Gasteiger partial charge on any atom is 0.143 e. The van der Waals surface area contributed by atoms with Gasteiger partial charge in [-0.05, 0) is 12.1 Å². The highest BCUT2D eigenvalue weighted by Crippen LogP contribution is 2.18. The van der Waals surface area contributed by atoms with Gasteiger partial charge in [-0.3, -0.25) is 0 Å². The summed E-state index contributed by atoms with van der Waals surface area (Å²) in [5.74, 6) is -0.537. The number of halogens is 1. The first-order valence-electron chi connectivity index (χ1n) is 6.53. The summed E-state index contributed by atoms with van der Waals surface area (Å²) in [6.45, 7) is 7.97. The normalized spacial score (nSPS) is 11.8. The molecule has 0 saturated carbocycles. The largest absolute Gasteiger partial charge is 0.361 e. The molecule has 0 radical (unpaired) electrons. The van der Waals surface area contributed by atoms with Gasteiger partial charge in [-0.15, -0.1) is 0 Å². The second-order valence-corrected chi connectivity index (χ2v) is 11.6. The van der Waals surface area contributed by atoms with Crippen LogP contribution in [0.4, 0.5) is 4.39 Å². The van der Waals surface area contributed by atoms with Crippen molar-refractivity contribution in [3.8, 4) is 6.07 Å². The first-order valence-corrected chi connectivity index (χ1v) is 10.2. The molecule has 0 N–H and O–H groups in total. The molecule has 0 aliphatic carbocycles. The van der Waals surface area contributed by atoms with E-state index in [4.69, 9.17) is 10.00 Å². The Balaban J connectivity index is 2.10. The molecule has 0 atom stereocenters. The van der Waals surface area contributed by atoms with Crippen LogP contribution in [0.25, 0.3) is 11.0 Å². The molecule has 0 amide bonds. The Hall–Kier alpha value is -1.71. The molecule has 0 fully saturated rings. The molecule has 2 aromatic rings. The molecule has 4 nitrogen and oxygen atoms in total. The zero-order valence-corrected chi connectivity index (χ0v) is 13.0. The molecule has 106 valence electrons. The van der Waals surface area contributed by atoms with Crippen LogP contribution < -0.4 is 0 Å². The molecule has 0 bridgehead atoms. The fourth-order valence-electron chi connectivity index (χ4n) is 1.81. The van der Waals surface area contributed by atoms with E-state index < -0.39 is 13.9 Å². The summed E-state index contributed by atoms with van der Waals surface area (Å²) >= 11 is 0. The number of nitrogens with zero attached hydrogens (tertiary/aromatic N) is 3. The van der Waals surface area contributed by atoms with Gasteiger partial charge in [0.2, 0.25) is 0 Å². The van der Waals surface area contributed by atoms with Crippen molar-refractivity contribution >= 4 is 19.1 Å². The molecular formula is C14H18FN3OSi. The summed E-state index contributed by atoms with van der Waals surface area (Å²) in [6, 6.07) is 5.73. The number of rotatable bonds is 5. The zero-order valence-electron chi connectivity index (χ0n) is 12.0. The highest BCUT2D eigenvalue weighted by atomic mass is 28.3. The van der Waals surface area contributed by atoms with Crippen molar-refractivity contribution in [1.82, 2.24) is 9.55 Å². The van der Waals surface area contributed by atoms with Crippen LogP contribution in [0.15, 0.2) is 18.5 Å². The second kappa shape index (κ2) is 5.73. The number of hydrogen-bond donors (Lipinski definition) is 0. The fourth-order valence-corrected chi connectivity index (χ4v) is 2.57. The highest BCUT2D eigenvalue weighted by Gasteiger charge is 2.13. The van der Waals surface area contributed by atoms with Gasteiger partial charge in [-0.2, -0.15) is 5.26 Å². The number of ether oxygens (including phenoxy) is 1. The van der Waals surface area contributed by atoms with E-state index in [1.54, 1.807) is 10.9 Å². The van der Waals surface area contributed by atoms with E-state index in [1.807, 2.05) is 6.07 Å². The van der Waals surface area contributed by atoms with Crippen LogP contribution in [-0.2, 0) is 11.5 Å². The predicted octanol–water partition coefficient (Wildman–Crippen LogP) is 3.36. The molecule has 2 rings (SSSR count). The molecule has 1 heterocycles. The molecule has 0 aliphatic heterocycles. The minimum atomic E-state index is -1.10. The Morgan fingerprint density at radius 2 is 2.15 bits per heavy atom. The summed E-state index contributed by atoms with van der Waals surface area (Å²) in [7, 11) is -1.10. The number of hydrogen-bond acceptors (Lipinski definition) is 3. The fraction of sp³-hybridized carbons (Fsp3) is 0.429. The van der Waals surface area contributed by atoms with Crippen LogP contribution in [0.1, 0.15) is 5.56 Å². The van der Waals surface area contributed by atoms with Crippen molar-refractivity contribution in [3.05, 3.63) is 29.8 Å². The second-order valence-electron chi connectivity index (χ2n) is 5.99. The van der Waals surface area contributed by atoms with Gasteiger partial charge in [0.25, 0.3) is 0 Å². The van der Waals surface area contributed by atoms with Crippen molar-refractivity contribution in [1.29, 1.82) is 5.26 Å². The molecule has 0 saturated heterocycles. The number of nitriles is 1. The molecule has 0 spiro atoms. The lowest BCUT2D eigenvalue weighted by molar-refractivity contribution is 0.0898. The maximum atomic E-state index is 13.5. The van der Waals surface area contributed by atoms with Gasteiger partial charge in [0, 0.05) is 20.7 Å². The molecule has 0 unspecified atom stereocenters. The lowest BCUT2D eigenvalue weighted by Crippen LogP contribution is -2.21. The Bertz CT molecular complexity index is 655. The van der Waals surface area contributed by atoms with Crippen LogP contribution >= 0.6 is 0 Å². The van der Waals surface area contributed by atoms with Gasteiger partial charge in [-0.25, -0.2) is 9.37 Å². The SMILES string of the molecule is C[Si](C)(C)CCOCn1cnc2cc(F)c(C#N)cc21. The molecule has 20 heavy (non-hydrogen) atoms. The number of aromatic nitrogens is 2. The van der Waals surface area contributed by atoms with Crippen LogP contribution in [0.5, 0.6) is 0 Å². The lowest BCUT2D eigenvalue weighted by atomic mass is 10.2. The van der Waals surface area contributed by atoms with Gasteiger partial charge in [0.1, 0.15) is 18.6 Å². The van der Waals surface area contributed by atoms with Crippen LogP contribution in [0.2, 0.25) is 25.7 Å². The van der Waals surface area contributed by atoms with Gasteiger partial charge >= 0.3 is 0 Å². The minimum absolute atomic E-state index is 0.0290. The highest BCUT2D eigenvalue weighted by molar-refractivity contribution is 6.76. The average molecular weight is 291 g/mol. The average Bonchev–Trinajstić information content (AvgIpc) is 2.74. The van der Waals surface area contributed by atoms with Crippen molar-refractivity contribution in [3.63, 3.8) is 0 Å². The maximum absolute atomic E-state index is 13.5. The summed E-state index contributed by atoms with van der Waals surface area (Å²) < 4.78 is 20.9. The van der Waals surface area contributed by atoms with E-state index in [9.17, 15) is 4.39 Å². The molecular weight excluding hydrogens is 273 g/mol. The van der Waals surface area contributed by atoms with E-state index in [-0.39, 0.29) is 5.56 Å². The molecule has 1 aromatic carbocycles. The Morgan fingerprint density at radius 3 is 2.80 bits per heavy atom. The third kappa shape index (κ3) is 3.44. The number of benzene rings is 1. The van der Waals surface area contributed by atoms with Crippen molar-refractivity contribution in [2.45, 2.75) is 32.4 Å². The minimum Gasteiger partial charge on any atom is -0.361 e. The summed E-state index contributed by atoms with van der Waals surface area (Å²) in [5.41, 5.74) is 1.28. The monoisotopic (exact) mass is 291 g/mol. The van der Waals surface area contributed by atoms with Crippen molar-refractivity contribution < 1.29 is 9.13 Å². The van der Waals surface area contributed by atoms with Crippen molar-refractivity contribution in [2.75, 3.05) is 6.61 Å². The summed E-state index contributed by atoms with van der Waals surface area (Å²) in [5, 5.41) is 8.86. The van der Waals surface area contributed by atoms with Gasteiger partial charge in [0.05, 0.1) is 22.9 Å². The lowest BCUT2D eigenvalue weighted by Gasteiger charge is -2.15. The third-order valence-electron chi connectivity index (χ3n) is 3.06. The first kappa shape index (κ1) is 14.7. The van der Waals surface area contributed by atoms with Gasteiger partial charge < -0.3 is 9.30 Å². The van der Waals surface area contributed by atoms with Gasteiger partial charge in [0.15, 0.2) is 0 Å². The topological polar surface area (TPSA) is 50.8 Å². The Kier molecular flexibility index (Phi) is 4.21.